The normalized spacial score (nSPS) is 14.1. The van der Waals surface area contributed by atoms with Crippen LogP contribution in [0.15, 0.2) is 109 Å². The largest absolute Gasteiger partial charge is 0.437 e. The molecule has 0 N–H and O–H groups in total. The highest BCUT2D eigenvalue weighted by Crippen LogP contribution is 2.50. The zero-order valence-electron chi connectivity index (χ0n) is 24.7. The Kier molecular flexibility index (Phi) is 6.12. The van der Waals surface area contributed by atoms with E-state index >= 15 is 0 Å². The van der Waals surface area contributed by atoms with Gasteiger partial charge in [0.1, 0.15) is 0 Å². The molecule has 0 atom stereocenters. The van der Waals surface area contributed by atoms with E-state index in [1.165, 1.54) is 29.2 Å². The van der Waals surface area contributed by atoms with Gasteiger partial charge in [0.05, 0.1) is 5.41 Å². The molecule has 0 fully saturated rings. The van der Waals surface area contributed by atoms with Crippen LogP contribution in [0, 0.1) is 37.5 Å². The third-order valence-corrected chi connectivity index (χ3v) is 8.81. The maximum Gasteiger partial charge on any atom is 0.304 e. The second kappa shape index (κ2) is 9.90. The topological polar surface area (TPSA) is 26.3 Å². The summed E-state index contributed by atoms with van der Waals surface area (Å²) in [4.78, 5) is 12.5. The Morgan fingerprint density at radius 1 is 0.581 bits per heavy atom. The number of carbonyl (C=O) groups is 1. The van der Waals surface area contributed by atoms with Crippen LogP contribution in [0.3, 0.4) is 0 Å². The smallest absolute Gasteiger partial charge is 0.304 e. The summed E-state index contributed by atoms with van der Waals surface area (Å²) in [6, 6.07) is 37.4. The highest BCUT2D eigenvalue weighted by Gasteiger charge is 2.45. The van der Waals surface area contributed by atoms with Crippen LogP contribution in [0.2, 0.25) is 0 Å². The van der Waals surface area contributed by atoms with Crippen molar-refractivity contribution in [1.29, 1.82) is 0 Å². The van der Waals surface area contributed by atoms with Crippen molar-refractivity contribution in [3.05, 3.63) is 154 Å². The summed E-state index contributed by atoms with van der Waals surface area (Å²) in [6.45, 7) is 7.81. The maximum absolute atomic E-state index is 12.5. The molecule has 0 spiro atoms. The first-order valence-electron chi connectivity index (χ1n) is 14.6. The molecule has 0 bridgehead atoms. The van der Waals surface area contributed by atoms with Gasteiger partial charge in [-0.25, -0.2) is 0 Å². The molecule has 7 rings (SSSR count). The van der Waals surface area contributed by atoms with Crippen LogP contribution in [0.4, 0.5) is 0 Å². The van der Waals surface area contributed by atoms with E-state index in [4.69, 9.17) is 4.74 Å². The number of ether oxygens (including phenoxy) is 1. The zero-order valence-corrected chi connectivity index (χ0v) is 24.7. The number of benzene rings is 5. The maximum atomic E-state index is 12.5. The van der Waals surface area contributed by atoms with Crippen molar-refractivity contribution in [3.63, 3.8) is 0 Å². The number of hydrogen-bond donors (Lipinski definition) is 0. The van der Waals surface area contributed by atoms with E-state index in [0.29, 0.717) is 0 Å². The fraction of sp³-hybridized carbons (Fsp3) is 0.146. The Morgan fingerprint density at radius 3 is 1.44 bits per heavy atom. The lowest BCUT2D eigenvalue weighted by atomic mass is 9.80. The Bertz CT molecular complexity index is 2000. The summed E-state index contributed by atoms with van der Waals surface area (Å²) in [5.41, 5.74) is 11.1. The molecule has 0 saturated heterocycles. The number of hydrogen-bond acceptors (Lipinski definition) is 2. The van der Waals surface area contributed by atoms with E-state index in [0.717, 1.165) is 44.5 Å². The molecule has 43 heavy (non-hydrogen) atoms. The van der Waals surface area contributed by atoms with Crippen molar-refractivity contribution in [2.75, 3.05) is 0 Å². The number of rotatable bonds is 1. The third-order valence-electron chi connectivity index (χ3n) is 8.81. The highest BCUT2D eigenvalue weighted by atomic mass is 16.6. The molecule has 2 aliphatic carbocycles. The van der Waals surface area contributed by atoms with E-state index in [-0.39, 0.29) is 5.97 Å². The van der Waals surface area contributed by atoms with Crippen molar-refractivity contribution in [1.82, 2.24) is 0 Å². The monoisotopic (exact) mass is 554 g/mol. The molecule has 0 amide bonds. The summed E-state index contributed by atoms with van der Waals surface area (Å²) >= 11 is 0. The first-order chi connectivity index (χ1) is 20.8. The Hall–Kier alpha value is -5.31. The van der Waals surface area contributed by atoms with Crippen molar-refractivity contribution in [2.45, 2.75) is 38.7 Å². The van der Waals surface area contributed by atoms with Crippen LogP contribution in [-0.2, 0) is 20.5 Å². The summed E-state index contributed by atoms with van der Waals surface area (Å²) in [5.74, 6) is 13.7. The van der Waals surface area contributed by atoms with Crippen LogP contribution in [0.1, 0.15) is 58.4 Å². The van der Waals surface area contributed by atoms with E-state index in [1.54, 1.807) is 0 Å². The van der Waals surface area contributed by atoms with Gasteiger partial charge in [0.15, 0.2) is 0 Å². The average Bonchev–Trinajstić information content (AvgIpc) is 3.43. The summed E-state index contributed by atoms with van der Waals surface area (Å²) in [5, 5.41) is 0. The van der Waals surface area contributed by atoms with Gasteiger partial charge in [0, 0.05) is 29.2 Å². The molecular weight excluding hydrogens is 524 g/mol. The minimum Gasteiger partial charge on any atom is -0.437 e. The van der Waals surface area contributed by atoms with E-state index in [2.05, 4.69) is 117 Å². The molecule has 5 aromatic rings. The third kappa shape index (κ3) is 4.11. The lowest BCUT2D eigenvalue weighted by Gasteiger charge is -2.25. The first-order valence-corrected chi connectivity index (χ1v) is 14.6. The lowest BCUT2D eigenvalue weighted by molar-refractivity contribution is -0.149. The van der Waals surface area contributed by atoms with Crippen molar-refractivity contribution >= 4 is 5.97 Å². The molecule has 0 saturated carbocycles. The van der Waals surface area contributed by atoms with Gasteiger partial charge in [-0.2, -0.15) is 0 Å². The number of carbonyl (C=O) groups excluding carboxylic acids is 1. The molecule has 0 radical (unpaired) electrons. The second-order valence-corrected chi connectivity index (χ2v) is 11.6. The number of aryl methyl sites for hydroxylation is 2. The standard InChI is InChI=1S/C41H30O2/c1-27-25-28(2)31(22-24-41(43-29(3)42)38-19-11-7-15-34(38)35-16-8-12-20-39(35)41)26-30(27)21-23-40(4)36-17-9-5-13-32(36)33-14-6-10-18-37(33)40/h5-20,25-26H,1-4H3. The summed E-state index contributed by atoms with van der Waals surface area (Å²) in [6.07, 6.45) is 0. The van der Waals surface area contributed by atoms with Gasteiger partial charge in [-0.1, -0.05) is 121 Å². The molecule has 5 aromatic carbocycles. The molecule has 0 aliphatic heterocycles. The molecule has 0 heterocycles. The zero-order chi connectivity index (χ0) is 29.8. The van der Waals surface area contributed by atoms with Gasteiger partial charge in [-0.05, 0) is 77.3 Å². The van der Waals surface area contributed by atoms with Gasteiger partial charge in [-0.3, -0.25) is 4.79 Å². The van der Waals surface area contributed by atoms with Crippen molar-refractivity contribution in [3.8, 4) is 45.9 Å². The fourth-order valence-electron chi connectivity index (χ4n) is 6.74. The van der Waals surface area contributed by atoms with E-state index in [9.17, 15) is 4.79 Å². The van der Waals surface area contributed by atoms with Gasteiger partial charge in [0.25, 0.3) is 0 Å². The first kappa shape index (κ1) is 26.6. The average molecular weight is 555 g/mol. The molecular formula is C41H30O2. The van der Waals surface area contributed by atoms with Gasteiger partial charge in [-0.15, -0.1) is 0 Å². The van der Waals surface area contributed by atoms with Crippen LogP contribution in [0.5, 0.6) is 0 Å². The Labute approximate surface area is 253 Å². The predicted octanol–water partition coefficient (Wildman–Crippen LogP) is 8.48. The molecule has 2 nitrogen and oxygen atoms in total. The fourth-order valence-corrected chi connectivity index (χ4v) is 6.74. The second-order valence-electron chi connectivity index (χ2n) is 11.6. The van der Waals surface area contributed by atoms with Crippen LogP contribution < -0.4 is 0 Å². The SMILES string of the molecule is CC(=O)OC1(C#Cc2cc(C#CC3(C)c4ccccc4-c4ccccc43)c(C)cc2C)c2ccccc2-c2ccccc21. The van der Waals surface area contributed by atoms with E-state index in [1.807, 2.05) is 36.4 Å². The van der Waals surface area contributed by atoms with Gasteiger partial charge >= 0.3 is 5.97 Å². The Morgan fingerprint density at radius 2 is 0.977 bits per heavy atom. The van der Waals surface area contributed by atoms with Gasteiger partial charge in [0.2, 0.25) is 5.60 Å². The number of fused-ring (bicyclic) bond motifs is 6. The molecule has 2 heteroatoms. The van der Waals surface area contributed by atoms with Crippen LogP contribution in [0.25, 0.3) is 22.3 Å². The Balaban J connectivity index is 1.36. The summed E-state index contributed by atoms with van der Waals surface area (Å²) < 4.78 is 6.12. The van der Waals surface area contributed by atoms with Crippen molar-refractivity contribution < 1.29 is 9.53 Å². The lowest BCUT2D eigenvalue weighted by Crippen LogP contribution is -2.29. The molecule has 0 unspecified atom stereocenters. The minimum atomic E-state index is -1.19. The molecule has 2 aliphatic rings. The molecule has 0 aromatic heterocycles. The minimum absolute atomic E-state index is 0.377. The van der Waals surface area contributed by atoms with Crippen LogP contribution in [-0.4, -0.2) is 5.97 Å². The van der Waals surface area contributed by atoms with Gasteiger partial charge < -0.3 is 4.74 Å². The van der Waals surface area contributed by atoms with Crippen LogP contribution >= 0.6 is 0 Å². The quantitative estimate of drug-likeness (QED) is 0.153. The van der Waals surface area contributed by atoms with E-state index < -0.39 is 11.0 Å². The molecule has 206 valence electrons. The highest BCUT2D eigenvalue weighted by molar-refractivity contribution is 5.85. The summed E-state index contributed by atoms with van der Waals surface area (Å²) in [7, 11) is 0. The predicted molar refractivity (Wildman–Crippen MR) is 172 cm³/mol. The number of esters is 1. The van der Waals surface area contributed by atoms with Crippen molar-refractivity contribution in [2.24, 2.45) is 0 Å².